The third kappa shape index (κ3) is 1.61. The van der Waals surface area contributed by atoms with E-state index in [9.17, 15) is 0 Å². The van der Waals surface area contributed by atoms with E-state index in [1.54, 1.807) is 0 Å². The Bertz CT molecular complexity index is 958. The Morgan fingerprint density at radius 2 is 1.85 bits per heavy atom. The van der Waals surface area contributed by atoms with Crippen LogP contribution >= 0.6 is 0 Å². The Kier molecular flexibility index (Phi) is 2.18. The zero-order valence-electron chi connectivity index (χ0n) is 12.1. The van der Waals surface area contributed by atoms with Crippen molar-refractivity contribution in [1.82, 2.24) is 4.98 Å². The second-order valence-corrected chi connectivity index (χ2v) is 6.47. The highest BCUT2D eigenvalue weighted by Crippen LogP contribution is 2.25. The van der Waals surface area contributed by atoms with Crippen LogP contribution in [0.25, 0.3) is 27.4 Å². The Balaban J connectivity index is 2.21. The third-order valence-corrected chi connectivity index (χ3v) is 4.20. The number of hydrogen-bond donors (Lipinski definition) is 1. The molecule has 1 N–H and O–H groups in total. The van der Waals surface area contributed by atoms with E-state index in [4.69, 9.17) is 4.99 Å². The summed E-state index contributed by atoms with van der Waals surface area (Å²) in [6, 6.07) is 13.0. The van der Waals surface area contributed by atoms with Crippen molar-refractivity contribution in [3.63, 3.8) is 0 Å². The number of hydrogen-bond acceptors (Lipinski definition) is 1. The summed E-state index contributed by atoms with van der Waals surface area (Å²) in [5.41, 5.74) is 3.82. The van der Waals surface area contributed by atoms with Gasteiger partial charge in [0.15, 0.2) is 0 Å². The number of nitrogens with one attached hydrogen (secondary N) is 1. The minimum atomic E-state index is 0.0107. The Labute approximate surface area is 117 Å². The summed E-state index contributed by atoms with van der Waals surface area (Å²) in [6.45, 7) is 6.64. The molecule has 0 aliphatic carbocycles. The molecule has 1 aromatic heterocycles. The highest BCUT2D eigenvalue weighted by atomic mass is 14.8. The maximum atomic E-state index is 4.91. The van der Waals surface area contributed by atoms with Gasteiger partial charge < -0.3 is 4.98 Å². The predicted octanol–water partition coefficient (Wildman–Crippen LogP) is 3.29. The molecule has 0 bridgehead atoms. The molecule has 0 fully saturated rings. The second kappa shape index (κ2) is 3.72. The minimum Gasteiger partial charge on any atom is -0.354 e. The van der Waals surface area contributed by atoms with Crippen LogP contribution in [0.1, 0.15) is 27.2 Å². The molecule has 2 heterocycles. The van der Waals surface area contributed by atoms with Crippen molar-refractivity contribution >= 4 is 27.4 Å². The molecule has 0 spiro atoms. The molecule has 1 aliphatic rings. The lowest BCUT2D eigenvalue weighted by atomic mass is 9.92. The van der Waals surface area contributed by atoms with E-state index in [-0.39, 0.29) is 5.54 Å². The molecule has 2 aromatic carbocycles. The number of aromatic amines is 1. The van der Waals surface area contributed by atoms with E-state index in [2.05, 4.69) is 62.2 Å². The van der Waals surface area contributed by atoms with Crippen LogP contribution < -0.4 is 10.6 Å². The van der Waals surface area contributed by atoms with Crippen LogP contribution in [-0.4, -0.2) is 10.5 Å². The number of aromatic nitrogens is 1. The summed E-state index contributed by atoms with van der Waals surface area (Å²) < 4.78 is 0. The summed E-state index contributed by atoms with van der Waals surface area (Å²) in [5.74, 6) is 0. The average Bonchev–Trinajstić information content (AvgIpc) is 2.72. The van der Waals surface area contributed by atoms with Crippen LogP contribution in [0.15, 0.2) is 41.4 Å². The van der Waals surface area contributed by atoms with Crippen LogP contribution in [0.4, 0.5) is 0 Å². The van der Waals surface area contributed by atoms with Gasteiger partial charge >= 0.3 is 0 Å². The van der Waals surface area contributed by atoms with Crippen LogP contribution in [0.5, 0.6) is 0 Å². The molecule has 1 aliphatic heterocycles. The standard InChI is InChI=1S/C18H18N2/c1-11-10-18(2,3)20-17-9-16-14(8-13(11)17)12-6-4-5-7-15(12)19-16/h4-9,19H,10H2,1-3H3. The smallest absolute Gasteiger partial charge is 0.0673 e. The SMILES string of the molecule is CC1=c2cc3c(cc2=NC(C)(C)C1)[nH]c1ccccc13. The normalized spacial score (nSPS) is 17.2. The quantitative estimate of drug-likeness (QED) is 0.644. The van der Waals surface area contributed by atoms with Gasteiger partial charge in [-0.2, -0.15) is 0 Å². The largest absolute Gasteiger partial charge is 0.354 e. The van der Waals surface area contributed by atoms with Gasteiger partial charge in [-0.15, -0.1) is 0 Å². The second-order valence-electron chi connectivity index (χ2n) is 6.47. The summed E-state index contributed by atoms with van der Waals surface area (Å²) in [4.78, 5) is 8.41. The van der Waals surface area contributed by atoms with Crippen molar-refractivity contribution in [1.29, 1.82) is 0 Å². The number of fused-ring (bicyclic) bond motifs is 4. The molecular formula is C18H18N2. The summed E-state index contributed by atoms with van der Waals surface area (Å²) in [5, 5.41) is 5.02. The van der Waals surface area contributed by atoms with Gasteiger partial charge in [-0.25, -0.2) is 0 Å². The van der Waals surface area contributed by atoms with Gasteiger partial charge in [-0.3, -0.25) is 4.99 Å². The lowest BCUT2D eigenvalue weighted by Gasteiger charge is -2.23. The van der Waals surface area contributed by atoms with Gasteiger partial charge in [0.1, 0.15) is 0 Å². The summed E-state index contributed by atoms with van der Waals surface area (Å²) in [7, 11) is 0. The maximum Gasteiger partial charge on any atom is 0.0673 e. The lowest BCUT2D eigenvalue weighted by molar-refractivity contribution is 0.512. The molecule has 0 unspecified atom stereocenters. The van der Waals surface area contributed by atoms with E-state index in [0.29, 0.717) is 0 Å². The van der Waals surface area contributed by atoms with Gasteiger partial charge in [0.25, 0.3) is 0 Å². The first-order chi connectivity index (χ1) is 9.53. The van der Waals surface area contributed by atoms with Crippen molar-refractivity contribution in [2.75, 3.05) is 0 Å². The van der Waals surface area contributed by atoms with E-state index >= 15 is 0 Å². The monoisotopic (exact) mass is 262 g/mol. The van der Waals surface area contributed by atoms with E-state index in [1.165, 1.54) is 32.6 Å². The number of H-pyrrole nitrogens is 1. The molecular weight excluding hydrogens is 244 g/mol. The van der Waals surface area contributed by atoms with E-state index in [0.717, 1.165) is 11.8 Å². The van der Waals surface area contributed by atoms with E-state index < -0.39 is 0 Å². The number of benzene rings is 2. The highest BCUT2D eigenvalue weighted by Gasteiger charge is 2.20. The van der Waals surface area contributed by atoms with Crippen molar-refractivity contribution in [2.45, 2.75) is 32.7 Å². The van der Waals surface area contributed by atoms with E-state index in [1.807, 2.05) is 0 Å². The molecule has 100 valence electrons. The topological polar surface area (TPSA) is 28.1 Å². The molecule has 0 radical (unpaired) electrons. The molecule has 3 aromatic rings. The van der Waals surface area contributed by atoms with Gasteiger partial charge in [0.05, 0.1) is 10.9 Å². The van der Waals surface area contributed by atoms with Crippen molar-refractivity contribution in [2.24, 2.45) is 4.99 Å². The van der Waals surface area contributed by atoms with Gasteiger partial charge in [-0.05, 0) is 50.6 Å². The number of nitrogens with zero attached hydrogens (tertiary/aromatic N) is 1. The molecule has 0 atom stereocenters. The highest BCUT2D eigenvalue weighted by molar-refractivity contribution is 6.07. The molecule has 0 saturated heterocycles. The van der Waals surface area contributed by atoms with Crippen LogP contribution in [0.2, 0.25) is 0 Å². The molecule has 2 heteroatoms. The Morgan fingerprint density at radius 3 is 2.70 bits per heavy atom. The van der Waals surface area contributed by atoms with Gasteiger partial charge in [0.2, 0.25) is 0 Å². The average molecular weight is 262 g/mol. The fourth-order valence-corrected chi connectivity index (χ4v) is 3.43. The first kappa shape index (κ1) is 11.7. The first-order valence-electron chi connectivity index (χ1n) is 7.14. The number of rotatable bonds is 0. The molecule has 0 amide bonds. The summed E-state index contributed by atoms with van der Waals surface area (Å²) >= 11 is 0. The van der Waals surface area contributed by atoms with Crippen molar-refractivity contribution in [3.05, 3.63) is 47.0 Å². The fourth-order valence-electron chi connectivity index (χ4n) is 3.43. The van der Waals surface area contributed by atoms with Gasteiger partial charge in [-0.1, -0.05) is 23.8 Å². The molecule has 2 nitrogen and oxygen atoms in total. The fraction of sp³-hybridized carbons (Fsp3) is 0.278. The first-order valence-corrected chi connectivity index (χ1v) is 7.14. The zero-order chi connectivity index (χ0) is 13.9. The summed E-state index contributed by atoms with van der Waals surface area (Å²) in [6.07, 6.45) is 1.04. The predicted molar refractivity (Wildman–Crippen MR) is 84.4 cm³/mol. The molecule has 20 heavy (non-hydrogen) atoms. The van der Waals surface area contributed by atoms with Crippen LogP contribution in [-0.2, 0) is 0 Å². The molecule has 4 rings (SSSR count). The Morgan fingerprint density at radius 1 is 1.05 bits per heavy atom. The number of para-hydroxylation sites is 1. The van der Waals surface area contributed by atoms with Crippen LogP contribution in [0, 0.1) is 0 Å². The van der Waals surface area contributed by atoms with Gasteiger partial charge in [0, 0.05) is 21.8 Å². The minimum absolute atomic E-state index is 0.0107. The maximum absolute atomic E-state index is 4.91. The molecule has 0 saturated carbocycles. The Hall–Kier alpha value is -2.09. The van der Waals surface area contributed by atoms with Crippen LogP contribution in [0.3, 0.4) is 0 Å². The zero-order valence-corrected chi connectivity index (χ0v) is 12.1. The van der Waals surface area contributed by atoms with Crippen molar-refractivity contribution < 1.29 is 0 Å². The lowest BCUT2D eigenvalue weighted by Crippen LogP contribution is -2.37. The third-order valence-electron chi connectivity index (χ3n) is 4.20. The van der Waals surface area contributed by atoms with Crippen molar-refractivity contribution in [3.8, 4) is 0 Å².